The first-order valence-electron chi connectivity index (χ1n) is 6.44. The smallest absolute Gasteiger partial charge is 0.0595 e. The topological polar surface area (TPSA) is 12.0 Å². The van der Waals surface area contributed by atoms with Crippen molar-refractivity contribution in [3.63, 3.8) is 0 Å². The molecule has 0 saturated heterocycles. The second kappa shape index (κ2) is 7.46. The van der Waals surface area contributed by atoms with Gasteiger partial charge in [-0.1, -0.05) is 63.4 Å². The molecule has 2 aromatic carbocycles. The molecule has 1 nitrogen and oxygen atoms in total. The largest absolute Gasteiger partial charge is 0.316 e. The first-order chi connectivity index (χ1) is 9.60. The van der Waals surface area contributed by atoms with Crippen LogP contribution in [0.1, 0.15) is 11.1 Å². The maximum Gasteiger partial charge on any atom is 0.0595 e. The van der Waals surface area contributed by atoms with Gasteiger partial charge in [0.15, 0.2) is 0 Å². The summed E-state index contributed by atoms with van der Waals surface area (Å²) >= 11 is 15.6. The average molecular weight is 373 g/mol. The van der Waals surface area contributed by atoms with Crippen molar-refractivity contribution in [2.24, 2.45) is 0 Å². The Morgan fingerprint density at radius 1 is 1.05 bits per heavy atom. The monoisotopic (exact) mass is 371 g/mol. The van der Waals surface area contributed by atoms with E-state index in [2.05, 4.69) is 39.4 Å². The van der Waals surface area contributed by atoms with Crippen molar-refractivity contribution in [3.8, 4) is 0 Å². The van der Waals surface area contributed by atoms with Crippen molar-refractivity contribution in [2.45, 2.75) is 18.9 Å². The van der Waals surface area contributed by atoms with Crippen molar-refractivity contribution >= 4 is 39.1 Å². The van der Waals surface area contributed by atoms with E-state index in [1.54, 1.807) is 0 Å². The summed E-state index contributed by atoms with van der Waals surface area (Å²) in [7, 11) is 1.99. The minimum atomic E-state index is 0.353. The average Bonchev–Trinajstić information content (AvgIpc) is 2.44. The molecular formula is C16H16BrCl2N. The Hall–Kier alpha value is -0.540. The van der Waals surface area contributed by atoms with Gasteiger partial charge in [0.05, 0.1) is 10.0 Å². The number of likely N-dealkylation sites (N-methyl/N-ethyl adjacent to an activating group) is 1. The standard InChI is InChI=1S/C16H16BrCl2N/c1-20-13(10-12-4-2-3-5-14(12)17)8-11-6-7-15(18)16(19)9-11/h2-7,9,13,20H,8,10H2,1H3. The van der Waals surface area contributed by atoms with Crippen LogP contribution in [0.25, 0.3) is 0 Å². The number of halogens is 3. The van der Waals surface area contributed by atoms with Gasteiger partial charge >= 0.3 is 0 Å². The van der Waals surface area contributed by atoms with E-state index in [-0.39, 0.29) is 0 Å². The molecule has 0 fully saturated rings. The van der Waals surface area contributed by atoms with E-state index in [1.807, 2.05) is 31.3 Å². The lowest BCUT2D eigenvalue weighted by molar-refractivity contribution is 0.555. The fourth-order valence-electron chi connectivity index (χ4n) is 2.16. The zero-order chi connectivity index (χ0) is 14.5. The van der Waals surface area contributed by atoms with E-state index in [9.17, 15) is 0 Å². The molecule has 1 N–H and O–H groups in total. The van der Waals surface area contributed by atoms with Gasteiger partial charge in [-0.05, 0) is 49.2 Å². The van der Waals surface area contributed by atoms with Gasteiger partial charge in [0.25, 0.3) is 0 Å². The van der Waals surface area contributed by atoms with Crippen LogP contribution in [0.15, 0.2) is 46.9 Å². The summed E-state index contributed by atoms with van der Waals surface area (Å²) in [4.78, 5) is 0. The van der Waals surface area contributed by atoms with Gasteiger partial charge < -0.3 is 5.32 Å². The van der Waals surface area contributed by atoms with Crippen LogP contribution in [-0.2, 0) is 12.8 Å². The van der Waals surface area contributed by atoms with Crippen LogP contribution in [0.3, 0.4) is 0 Å². The van der Waals surface area contributed by atoms with Gasteiger partial charge in [0, 0.05) is 10.5 Å². The highest BCUT2D eigenvalue weighted by Crippen LogP contribution is 2.24. The summed E-state index contributed by atoms with van der Waals surface area (Å²) in [5.74, 6) is 0. The van der Waals surface area contributed by atoms with Crippen molar-refractivity contribution in [2.75, 3.05) is 7.05 Å². The Bertz CT molecular complexity index is 586. The zero-order valence-corrected chi connectivity index (χ0v) is 14.3. The third-order valence-corrected chi connectivity index (χ3v) is 4.81. The van der Waals surface area contributed by atoms with Crippen LogP contribution in [0.5, 0.6) is 0 Å². The van der Waals surface area contributed by atoms with E-state index < -0.39 is 0 Å². The van der Waals surface area contributed by atoms with Crippen LogP contribution in [0, 0.1) is 0 Å². The molecule has 1 unspecified atom stereocenters. The first-order valence-corrected chi connectivity index (χ1v) is 7.99. The summed E-state index contributed by atoms with van der Waals surface area (Å²) in [5, 5.41) is 4.57. The van der Waals surface area contributed by atoms with Gasteiger partial charge in [0.1, 0.15) is 0 Å². The summed E-state index contributed by atoms with van der Waals surface area (Å²) in [5.41, 5.74) is 2.48. The van der Waals surface area contributed by atoms with Crippen LogP contribution in [-0.4, -0.2) is 13.1 Å². The summed E-state index contributed by atoms with van der Waals surface area (Å²) in [6.45, 7) is 0. The predicted molar refractivity (Wildman–Crippen MR) is 90.9 cm³/mol. The molecule has 4 heteroatoms. The number of rotatable bonds is 5. The molecule has 2 aromatic rings. The third-order valence-electron chi connectivity index (χ3n) is 3.30. The Balaban J connectivity index is 2.09. The van der Waals surface area contributed by atoms with Crippen molar-refractivity contribution < 1.29 is 0 Å². The van der Waals surface area contributed by atoms with E-state index in [1.165, 1.54) is 11.1 Å². The first kappa shape index (κ1) is 15.8. The van der Waals surface area contributed by atoms with Crippen molar-refractivity contribution in [3.05, 3.63) is 68.1 Å². The lowest BCUT2D eigenvalue weighted by Crippen LogP contribution is -2.30. The van der Waals surface area contributed by atoms with Gasteiger partial charge in [0.2, 0.25) is 0 Å². The van der Waals surface area contributed by atoms with Crippen LogP contribution < -0.4 is 5.32 Å². The molecule has 0 aliphatic carbocycles. The normalized spacial score (nSPS) is 12.4. The number of hydrogen-bond acceptors (Lipinski definition) is 1. The van der Waals surface area contributed by atoms with Gasteiger partial charge in [-0.3, -0.25) is 0 Å². The number of hydrogen-bond donors (Lipinski definition) is 1. The van der Waals surface area contributed by atoms with Crippen LogP contribution >= 0.6 is 39.1 Å². The number of benzene rings is 2. The van der Waals surface area contributed by atoms with Crippen molar-refractivity contribution in [1.29, 1.82) is 0 Å². The van der Waals surface area contributed by atoms with Crippen LogP contribution in [0.4, 0.5) is 0 Å². The minimum Gasteiger partial charge on any atom is -0.316 e. The lowest BCUT2D eigenvalue weighted by atomic mass is 9.99. The quantitative estimate of drug-likeness (QED) is 0.767. The second-order valence-electron chi connectivity index (χ2n) is 4.73. The molecule has 106 valence electrons. The molecule has 0 saturated carbocycles. The van der Waals surface area contributed by atoms with E-state index >= 15 is 0 Å². The van der Waals surface area contributed by atoms with E-state index in [0.717, 1.165) is 17.3 Å². The molecule has 0 spiro atoms. The Labute approximate surface area is 138 Å². The Morgan fingerprint density at radius 3 is 2.45 bits per heavy atom. The summed E-state index contributed by atoms with van der Waals surface area (Å²) in [6, 6.07) is 14.5. The third kappa shape index (κ3) is 4.23. The molecule has 0 aliphatic heterocycles. The number of nitrogens with one attached hydrogen (secondary N) is 1. The fraction of sp³-hybridized carbons (Fsp3) is 0.250. The highest BCUT2D eigenvalue weighted by atomic mass is 79.9. The maximum absolute atomic E-state index is 6.07. The van der Waals surface area contributed by atoms with Gasteiger partial charge in [-0.15, -0.1) is 0 Å². The summed E-state index contributed by atoms with van der Waals surface area (Å²) < 4.78 is 1.15. The Morgan fingerprint density at radius 2 is 1.80 bits per heavy atom. The molecule has 0 bridgehead atoms. The molecule has 0 amide bonds. The van der Waals surface area contributed by atoms with Crippen LogP contribution in [0.2, 0.25) is 10.0 Å². The zero-order valence-electron chi connectivity index (χ0n) is 11.2. The molecule has 0 aliphatic rings. The Kier molecular flexibility index (Phi) is 5.91. The van der Waals surface area contributed by atoms with E-state index in [0.29, 0.717) is 16.1 Å². The maximum atomic E-state index is 6.07. The SMILES string of the molecule is CNC(Cc1ccc(Cl)c(Cl)c1)Cc1ccccc1Br. The van der Waals surface area contributed by atoms with E-state index in [4.69, 9.17) is 23.2 Å². The summed E-state index contributed by atoms with van der Waals surface area (Å²) in [6.07, 6.45) is 1.87. The second-order valence-corrected chi connectivity index (χ2v) is 6.40. The van der Waals surface area contributed by atoms with Gasteiger partial charge in [-0.2, -0.15) is 0 Å². The van der Waals surface area contributed by atoms with Gasteiger partial charge in [-0.25, -0.2) is 0 Å². The lowest BCUT2D eigenvalue weighted by Gasteiger charge is -2.17. The highest BCUT2D eigenvalue weighted by Gasteiger charge is 2.11. The highest BCUT2D eigenvalue weighted by molar-refractivity contribution is 9.10. The predicted octanol–water partition coefficient (Wildman–Crippen LogP) is 5.13. The fourth-order valence-corrected chi connectivity index (χ4v) is 2.92. The molecule has 2 rings (SSSR count). The molecule has 0 aromatic heterocycles. The molecule has 1 atom stereocenters. The van der Waals surface area contributed by atoms with Crippen molar-refractivity contribution in [1.82, 2.24) is 5.32 Å². The molecule has 20 heavy (non-hydrogen) atoms. The molecule has 0 radical (unpaired) electrons. The minimum absolute atomic E-state index is 0.353. The molecular weight excluding hydrogens is 357 g/mol. The molecule has 0 heterocycles.